The molecule has 7 heteroatoms. The minimum atomic E-state index is -0.301. The van der Waals surface area contributed by atoms with E-state index in [-0.39, 0.29) is 6.09 Å². The van der Waals surface area contributed by atoms with Crippen LogP contribution < -0.4 is 4.74 Å². The predicted octanol–water partition coefficient (Wildman–Crippen LogP) is 2.58. The topological polar surface area (TPSA) is 71.7 Å². The number of ether oxygens (including phenoxy) is 1. The average molecular weight is 344 g/mol. The molecule has 0 radical (unpaired) electrons. The molecule has 1 fully saturated rings. The first-order valence-corrected chi connectivity index (χ1v) is 8.66. The number of aromatic nitrogens is 2. The molecule has 0 spiro atoms. The van der Waals surface area contributed by atoms with E-state index in [0.29, 0.717) is 43.0 Å². The lowest BCUT2D eigenvalue weighted by Gasteiger charge is -2.33. The van der Waals surface area contributed by atoms with Crippen molar-refractivity contribution in [3.8, 4) is 5.75 Å². The van der Waals surface area contributed by atoms with Crippen LogP contribution in [0, 0.1) is 5.92 Å². The van der Waals surface area contributed by atoms with Crippen molar-refractivity contribution < 1.29 is 14.1 Å². The summed E-state index contributed by atoms with van der Waals surface area (Å²) >= 11 is 0. The number of benzene rings is 1. The number of hydrogen-bond donors (Lipinski definition) is 0. The van der Waals surface area contributed by atoms with Crippen molar-refractivity contribution in [3.05, 3.63) is 42.0 Å². The predicted molar refractivity (Wildman–Crippen MR) is 92.2 cm³/mol. The van der Waals surface area contributed by atoms with Gasteiger partial charge in [-0.15, -0.1) is 0 Å². The highest BCUT2D eigenvalue weighted by Crippen LogP contribution is 2.13. The maximum atomic E-state index is 12.2. The molecule has 1 aliphatic rings. The summed E-state index contributed by atoms with van der Waals surface area (Å²) in [6.45, 7) is 7.67. The van der Waals surface area contributed by atoms with Gasteiger partial charge in [0.2, 0.25) is 5.89 Å². The second-order valence-electron chi connectivity index (χ2n) is 6.65. The van der Waals surface area contributed by atoms with Gasteiger partial charge in [-0.3, -0.25) is 4.90 Å². The maximum Gasteiger partial charge on any atom is 0.415 e. The molecule has 0 aliphatic carbocycles. The van der Waals surface area contributed by atoms with Crippen LogP contribution in [0.15, 0.2) is 34.9 Å². The van der Waals surface area contributed by atoms with Gasteiger partial charge in [-0.1, -0.05) is 37.2 Å². The molecule has 0 N–H and O–H groups in total. The molecule has 3 rings (SSSR count). The lowest BCUT2D eigenvalue weighted by molar-refractivity contribution is 0.106. The van der Waals surface area contributed by atoms with Crippen molar-refractivity contribution in [2.45, 2.75) is 26.8 Å². The summed E-state index contributed by atoms with van der Waals surface area (Å²) in [5.74, 6) is 2.46. The molecular formula is C18H24N4O3. The summed E-state index contributed by atoms with van der Waals surface area (Å²) in [4.78, 5) is 20.6. The van der Waals surface area contributed by atoms with Gasteiger partial charge in [0.25, 0.3) is 0 Å². The number of amides is 1. The van der Waals surface area contributed by atoms with Crippen LogP contribution in [0.3, 0.4) is 0 Å². The Hall–Kier alpha value is -2.41. The van der Waals surface area contributed by atoms with E-state index in [1.807, 2.05) is 18.2 Å². The fourth-order valence-corrected chi connectivity index (χ4v) is 2.73. The van der Waals surface area contributed by atoms with Crippen LogP contribution in [0.1, 0.15) is 25.6 Å². The monoisotopic (exact) mass is 344 g/mol. The van der Waals surface area contributed by atoms with E-state index in [4.69, 9.17) is 9.26 Å². The van der Waals surface area contributed by atoms with Gasteiger partial charge in [-0.05, 0) is 18.1 Å². The quantitative estimate of drug-likeness (QED) is 0.830. The molecule has 0 atom stereocenters. The Morgan fingerprint density at radius 1 is 1.20 bits per heavy atom. The fourth-order valence-electron chi connectivity index (χ4n) is 2.73. The Morgan fingerprint density at radius 2 is 1.92 bits per heavy atom. The summed E-state index contributed by atoms with van der Waals surface area (Å²) < 4.78 is 10.6. The van der Waals surface area contributed by atoms with E-state index < -0.39 is 0 Å². The number of nitrogens with zero attached hydrogens (tertiary/aromatic N) is 4. The van der Waals surface area contributed by atoms with Crippen LogP contribution >= 0.6 is 0 Å². The van der Waals surface area contributed by atoms with E-state index in [2.05, 4.69) is 28.9 Å². The van der Waals surface area contributed by atoms with E-state index in [1.165, 1.54) is 0 Å². The summed E-state index contributed by atoms with van der Waals surface area (Å²) in [5, 5.41) is 4.04. The highest BCUT2D eigenvalue weighted by Gasteiger charge is 2.23. The van der Waals surface area contributed by atoms with E-state index in [9.17, 15) is 4.79 Å². The lowest BCUT2D eigenvalue weighted by Crippen LogP contribution is -2.49. The second kappa shape index (κ2) is 8.11. The third-order valence-corrected chi connectivity index (χ3v) is 4.04. The van der Waals surface area contributed by atoms with Crippen LogP contribution in [0.5, 0.6) is 5.75 Å². The highest BCUT2D eigenvalue weighted by atomic mass is 16.6. The Morgan fingerprint density at radius 3 is 2.60 bits per heavy atom. The maximum absolute atomic E-state index is 12.2. The largest absolute Gasteiger partial charge is 0.415 e. The van der Waals surface area contributed by atoms with Gasteiger partial charge in [-0.2, -0.15) is 4.98 Å². The van der Waals surface area contributed by atoms with Gasteiger partial charge in [-0.25, -0.2) is 4.79 Å². The van der Waals surface area contributed by atoms with Gasteiger partial charge in [0.15, 0.2) is 5.82 Å². The molecule has 1 aliphatic heterocycles. The minimum absolute atomic E-state index is 0.301. The van der Waals surface area contributed by atoms with Gasteiger partial charge in [0, 0.05) is 32.6 Å². The Balaban J connectivity index is 1.45. The zero-order chi connectivity index (χ0) is 17.6. The van der Waals surface area contributed by atoms with Crippen LogP contribution in [0.25, 0.3) is 0 Å². The molecule has 25 heavy (non-hydrogen) atoms. The van der Waals surface area contributed by atoms with E-state index in [1.54, 1.807) is 17.0 Å². The Labute approximate surface area is 147 Å². The molecule has 1 saturated heterocycles. The minimum Gasteiger partial charge on any atom is -0.410 e. The molecule has 0 saturated carbocycles. The first-order chi connectivity index (χ1) is 12.1. The van der Waals surface area contributed by atoms with Gasteiger partial charge in [0.1, 0.15) is 5.75 Å². The molecule has 7 nitrogen and oxygen atoms in total. The van der Waals surface area contributed by atoms with Crippen LogP contribution in [0.4, 0.5) is 4.79 Å². The third kappa shape index (κ3) is 5.03. The van der Waals surface area contributed by atoms with Crippen molar-refractivity contribution in [1.29, 1.82) is 0 Å². The van der Waals surface area contributed by atoms with Crippen LogP contribution in [-0.4, -0.2) is 52.2 Å². The lowest BCUT2D eigenvalue weighted by atomic mass is 10.1. The number of hydrogen-bond acceptors (Lipinski definition) is 6. The number of carbonyl (C=O) groups is 1. The molecule has 0 bridgehead atoms. The summed E-state index contributed by atoms with van der Waals surface area (Å²) in [5.41, 5.74) is 0. The van der Waals surface area contributed by atoms with Crippen molar-refractivity contribution in [2.24, 2.45) is 5.92 Å². The SMILES string of the molecule is CC(C)Cc1nc(CN2CCN(C(=O)Oc3ccccc3)CC2)no1. The molecule has 2 heterocycles. The molecule has 2 aromatic rings. The number of piperazine rings is 1. The second-order valence-corrected chi connectivity index (χ2v) is 6.65. The van der Waals surface area contributed by atoms with Crippen molar-refractivity contribution in [2.75, 3.05) is 26.2 Å². The van der Waals surface area contributed by atoms with Crippen molar-refractivity contribution >= 4 is 6.09 Å². The van der Waals surface area contributed by atoms with Crippen LogP contribution in [-0.2, 0) is 13.0 Å². The highest BCUT2D eigenvalue weighted by molar-refractivity contribution is 5.70. The number of para-hydroxylation sites is 1. The number of rotatable bonds is 5. The van der Waals surface area contributed by atoms with E-state index >= 15 is 0 Å². The molecular weight excluding hydrogens is 320 g/mol. The summed E-state index contributed by atoms with van der Waals surface area (Å²) in [6.07, 6.45) is 0.496. The van der Waals surface area contributed by atoms with E-state index in [0.717, 1.165) is 19.5 Å². The Bertz CT molecular complexity index is 679. The Kier molecular flexibility index (Phi) is 5.65. The molecule has 134 valence electrons. The van der Waals surface area contributed by atoms with Gasteiger partial charge < -0.3 is 14.2 Å². The zero-order valence-corrected chi connectivity index (χ0v) is 14.7. The third-order valence-electron chi connectivity index (χ3n) is 4.04. The normalized spacial score (nSPS) is 15.6. The first kappa shape index (κ1) is 17.4. The van der Waals surface area contributed by atoms with Gasteiger partial charge >= 0.3 is 6.09 Å². The molecule has 1 amide bonds. The number of carbonyl (C=O) groups excluding carboxylic acids is 1. The zero-order valence-electron chi connectivity index (χ0n) is 14.7. The average Bonchev–Trinajstić information content (AvgIpc) is 3.02. The summed E-state index contributed by atoms with van der Waals surface area (Å²) in [7, 11) is 0. The smallest absolute Gasteiger partial charge is 0.410 e. The van der Waals surface area contributed by atoms with Gasteiger partial charge in [0.05, 0.1) is 6.54 Å². The van der Waals surface area contributed by atoms with Crippen LogP contribution in [0.2, 0.25) is 0 Å². The first-order valence-electron chi connectivity index (χ1n) is 8.66. The molecule has 1 aromatic carbocycles. The molecule has 0 unspecified atom stereocenters. The van der Waals surface area contributed by atoms with Crippen molar-refractivity contribution in [3.63, 3.8) is 0 Å². The standard InChI is InChI=1S/C18H24N4O3/c1-14(2)12-17-19-16(20-25-17)13-21-8-10-22(11-9-21)18(23)24-15-6-4-3-5-7-15/h3-7,14H,8-13H2,1-2H3. The fraction of sp³-hybridized carbons (Fsp3) is 0.500. The van der Waals surface area contributed by atoms with Crippen molar-refractivity contribution in [1.82, 2.24) is 19.9 Å². The molecule has 1 aromatic heterocycles. The summed E-state index contributed by atoms with van der Waals surface area (Å²) in [6, 6.07) is 9.14.